The van der Waals surface area contributed by atoms with Crippen LogP contribution in [0.1, 0.15) is 29.9 Å². The Labute approximate surface area is 129 Å². The van der Waals surface area contributed by atoms with Crippen molar-refractivity contribution in [1.82, 2.24) is 0 Å². The van der Waals surface area contributed by atoms with E-state index in [1.165, 1.54) is 24.0 Å². The Morgan fingerprint density at radius 3 is 2.50 bits per heavy atom. The molecular weight excluding hydrogens is 289 g/mol. The SMILES string of the molecule is Cc1cccc(C2CC(Nc3ccc(Cl)c(Cl)c3)C2)c1. The van der Waals surface area contributed by atoms with Crippen LogP contribution in [0.2, 0.25) is 10.0 Å². The Hall–Kier alpha value is -1.18. The second-order valence-electron chi connectivity index (χ2n) is 5.55. The Balaban J connectivity index is 1.59. The van der Waals surface area contributed by atoms with Gasteiger partial charge in [0.05, 0.1) is 10.0 Å². The van der Waals surface area contributed by atoms with E-state index in [0.29, 0.717) is 22.0 Å². The first-order chi connectivity index (χ1) is 9.61. The van der Waals surface area contributed by atoms with Gasteiger partial charge in [0.25, 0.3) is 0 Å². The number of nitrogens with one attached hydrogen (secondary N) is 1. The van der Waals surface area contributed by atoms with Gasteiger partial charge in [-0.2, -0.15) is 0 Å². The van der Waals surface area contributed by atoms with Crippen molar-refractivity contribution in [2.75, 3.05) is 5.32 Å². The molecule has 1 N–H and O–H groups in total. The number of rotatable bonds is 3. The Morgan fingerprint density at radius 2 is 1.80 bits per heavy atom. The first kappa shape index (κ1) is 13.8. The van der Waals surface area contributed by atoms with Crippen LogP contribution >= 0.6 is 23.2 Å². The van der Waals surface area contributed by atoms with E-state index in [4.69, 9.17) is 23.2 Å². The molecule has 20 heavy (non-hydrogen) atoms. The molecule has 1 nitrogen and oxygen atoms in total. The Bertz CT molecular complexity index is 618. The predicted molar refractivity (Wildman–Crippen MR) is 87.0 cm³/mol. The monoisotopic (exact) mass is 305 g/mol. The van der Waals surface area contributed by atoms with Gasteiger partial charge in [-0.3, -0.25) is 0 Å². The van der Waals surface area contributed by atoms with Crippen molar-refractivity contribution in [3.05, 3.63) is 63.6 Å². The van der Waals surface area contributed by atoms with Crippen molar-refractivity contribution in [1.29, 1.82) is 0 Å². The zero-order valence-corrected chi connectivity index (χ0v) is 12.9. The average molecular weight is 306 g/mol. The minimum Gasteiger partial charge on any atom is -0.382 e. The van der Waals surface area contributed by atoms with Crippen molar-refractivity contribution in [2.45, 2.75) is 31.7 Å². The molecule has 3 rings (SSSR count). The van der Waals surface area contributed by atoms with Crippen molar-refractivity contribution >= 4 is 28.9 Å². The highest BCUT2D eigenvalue weighted by molar-refractivity contribution is 6.42. The zero-order valence-electron chi connectivity index (χ0n) is 11.4. The molecule has 0 heterocycles. The molecule has 0 bridgehead atoms. The summed E-state index contributed by atoms with van der Waals surface area (Å²) in [4.78, 5) is 0. The summed E-state index contributed by atoms with van der Waals surface area (Å²) in [5.74, 6) is 0.676. The van der Waals surface area contributed by atoms with Gasteiger partial charge in [0.15, 0.2) is 0 Å². The van der Waals surface area contributed by atoms with Gasteiger partial charge >= 0.3 is 0 Å². The summed E-state index contributed by atoms with van der Waals surface area (Å²) in [6.07, 6.45) is 2.34. The van der Waals surface area contributed by atoms with E-state index in [2.05, 4.69) is 36.5 Å². The fraction of sp³-hybridized carbons (Fsp3) is 0.294. The molecule has 0 unspecified atom stereocenters. The number of benzene rings is 2. The smallest absolute Gasteiger partial charge is 0.0612 e. The maximum atomic E-state index is 6.03. The molecule has 1 aliphatic carbocycles. The first-order valence-electron chi connectivity index (χ1n) is 6.90. The lowest BCUT2D eigenvalue weighted by Gasteiger charge is -2.37. The highest BCUT2D eigenvalue weighted by Crippen LogP contribution is 2.39. The lowest BCUT2D eigenvalue weighted by atomic mass is 9.75. The largest absolute Gasteiger partial charge is 0.382 e. The standard InChI is InChI=1S/C17H17Cl2N/c1-11-3-2-4-12(7-11)13-8-15(9-13)20-14-5-6-16(18)17(19)10-14/h2-7,10,13,15,20H,8-9H2,1H3. The lowest BCUT2D eigenvalue weighted by Crippen LogP contribution is -2.34. The summed E-state index contributed by atoms with van der Waals surface area (Å²) in [6, 6.07) is 15.0. The molecule has 0 aromatic heterocycles. The summed E-state index contributed by atoms with van der Waals surface area (Å²) in [5, 5.41) is 4.72. The molecule has 0 radical (unpaired) electrons. The van der Waals surface area contributed by atoms with Gasteiger partial charge in [0, 0.05) is 11.7 Å². The first-order valence-corrected chi connectivity index (χ1v) is 7.65. The van der Waals surface area contributed by atoms with Crippen LogP contribution in [0.25, 0.3) is 0 Å². The third kappa shape index (κ3) is 2.94. The molecule has 1 fully saturated rings. The molecule has 0 amide bonds. The number of hydrogen-bond acceptors (Lipinski definition) is 1. The third-order valence-electron chi connectivity index (χ3n) is 3.94. The molecule has 104 valence electrons. The fourth-order valence-electron chi connectivity index (χ4n) is 2.75. The van der Waals surface area contributed by atoms with Gasteiger partial charge < -0.3 is 5.32 Å². The molecular formula is C17H17Cl2N. The van der Waals surface area contributed by atoms with E-state index in [1.807, 2.05) is 18.2 Å². The van der Waals surface area contributed by atoms with E-state index in [0.717, 1.165) is 5.69 Å². The highest BCUT2D eigenvalue weighted by atomic mass is 35.5. The normalized spacial score (nSPS) is 21.4. The van der Waals surface area contributed by atoms with Crippen LogP contribution in [0, 0.1) is 6.92 Å². The fourth-order valence-corrected chi connectivity index (χ4v) is 3.05. The van der Waals surface area contributed by atoms with Crippen LogP contribution in [-0.4, -0.2) is 6.04 Å². The van der Waals surface area contributed by atoms with Crippen LogP contribution in [0.3, 0.4) is 0 Å². The quantitative estimate of drug-likeness (QED) is 0.771. The molecule has 0 saturated heterocycles. The molecule has 1 aliphatic rings. The topological polar surface area (TPSA) is 12.0 Å². The zero-order chi connectivity index (χ0) is 14.1. The van der Waals surface area contributed by atoms with Gasteiger partial charge in [-0.25, -0.2) is 0 Å². The number of anilines is 1. The van der Waals surface area contributed by atoms with Gasteiger partial charge in [0.1, 0.15) is 0 Å². The van der Waals surface area contributed by atoms with Crippen LogP contribution in [-0.2, 0) is 0 Å². The molecule has 0 spiro atoms. The summed E-state index contributed by atoms with van der Waals surface area (Å²) < 4.78 is 0. The van der Waals surface area contributed by atoms with E-state index >= 15 is 0 Å². The van der Waals surface area contributed by atoms with Gasteiger partial charge in [-0.1, -0.05) is 53.0 Å². The van der Waals surface area contributed by atoms with Gasteiger partial charge in [-0.15, -0.1) is 0 Å². The number of halogens is 2. The minimum atomic E-state index is 0.526. The van der Waals surface area contributed by atoms with E-state index in [-0.39, 0.29) is 0 Å². The molecule has 0 atom stereocenters. The maximum Gasteiger partial charge on any atom is 0.0612 e. The number of hydrogen-bond donors (Lipinski definition) is 1. The van der Waals surface area contributed by atoms with E-state index < -0.39 is 0 Å². The second kappa shape index (κ2) is 5.67. The van der Waals surface area contributed by atoms with Crippen molar-refractivity contribution < 1.29 is 0 Å². The molecule has 2 aromatic carbocycles. The van der Waals surface area contributed by atoms with Crippen molar-refractivity contribution in [3.8, 4) is 0 Å². The Kier molecular flexibility index (Phi) is 3.91. The van der Waals surface area contributed by atoms with E-state index in [1.54, 1.807) is 0 Å². The minimum absolute atomic E-state index is 0.526. The van der Waals surface area contributed by atoms with Crippen LogP contribution in [0.4, 0.5) is 5.69 Å². The highest BCUT2D eigenvalue weighted by Gasteiger charge is 2.30. The summed E-state index contributed by atoms with van der Waals surface area (Å²) >= 11 is 12.0. The molecule has 2 aromatic rings. The molecule has 3 heteroatoms. The predicted octanol–water partition coefficient (Wildman–Crippen LogP) is 5.66. The van der Waals surface area contributed by atoms with Crippen LogP contribution < -0.4 is 5.32 Å². The summed E-state index contributed by atoms with van der Waals surface area (Å²) in [6.45, 7) is 2.15. The Morgan fingerprint density at radius 1 is 1.00 bits per heavy atom. The van der Waals surface area contributed by atoms with E-state index in [9.17, 15) is 0 Å². The third-order valence-corrected chi connectivity index (χ3v) is 4.68. The van der Waals surface area contributed by atoms with Crippen molar-refractivity contribution in [2.24, 2.45) is 0 Å². The van der Waals surface area contributed by atoms with Crippen LogP contribution in [0.15, 0.2) is 42.5 Å². The summed E-state index contributed by atoms with van der Waals surface area (Å²) in [5.41, 5.74) is 3.84. The second-order valence-corrected chi connectivity index (χ2v) is 6.37. The van der Waals surface area contributed by atoms with Crippen LogP contribution in [0.5, 0.6) is 0 Å². The van der Waals surface area contributed by atoms with Gasteiger partial charge in [0.2, 0.25) is 0 Å². The summed E-state index contributed by atoms with van der Waals surface area (Å²) in [7, 11) is 0. The lowest BCUT2D eigenvalue weighted by molar-refractivity contribution is 0.374. The molecule has 1 saturated carbocycles. The number of aryl methyl sites for hydroxylation is 1. The van der Waals surface area contributed by atoms with Gasteiger partial charge in [-0.05, 0) is 49.4 Å². The van der Waals surface area contributed by atoms with Crippen molar-refractivity contribution in [3.63, 3.8) is 0 Å². The molecule has 0 aliphatic heterocycles. The average Bonchev–Trinajstić information content (AvgIpc) is 2.37. The maximum absolute atomic E-state index is 6.03.